The molecule has 4 nitrogen and oxygen atoms in total. The van der Waals surface area contributed by atoms with Gasteiger partial charge in [-0.15, -0.1) is 6.58 Å². The molecule has 4 aliphatic rings. The van der Waals surface area contributed by atoms with Gasteiger partial charge in [-0.3, -0.25) is 4.79 Å². The highest BCUT2D eigenvalue weighted by molar-refractivity contribution is 5.87. The van der Waals surface area contributed by atoms with E-state index in [2.05, 4.69) is 31.7 Å². The number of carbonyl (C=O) groups excluding carboxylic acids is 1. The first-order valence-electron chi connectivity index (χ1n) is 11.0. The van der Waals surface area contributed by atoms with Crippen molar-refractivity contribution in [3.63, 3.8) is 0 Å². The van der Waals surface area contributed by atoms with Gasteiger partial charge >= 0.3 is 0 Å². The maximum atomic E-state index is 12.6. The van der Waals surface area contributed by atoms with Crippen molar-refractivity contribution < 1.29 is 9.63 Å². The predicted octanol–water partition coefficient (Wildman–Crippen LogP) is 4.34. The first kappa shape index (κ1) is 19.2. The van der Waals surface area contributed by atoms with E-state index in [-0.39, 0.29) is 5.41 Å². The summed E-state index contributed by atoms with van der Waals surface area (Å²) in [6.45, 7) is 10.0. The number of nitrogens with zero attached hydrogens (tertiary/aromatic N) is 1. The molecular weight excluding hydrogens is 336 g/mol. The molecule has 2 unspecified atom stereocenters. The van der Waals surface area contributed by atoms with Crippen LogP contribution < -0.4 is 5.73 Å². The molecule has 4 saturated carbocycles. The van der Waals surface area contributed by atoms with Crippen molar-refractivity contribution in [1.29, 1.82) is 0 Å². The summed E-state index contributed by atoms with van der Waals surface area (Å²) in [6, 6.07) is 0. The molecule has 2 N–H and O–H groups in total. The molecule has 0 bridgehead atoms. The highest BCUT2D eigenvalue weighted by Crippen LogP contribution is 2.66. The van der Waals surface area contributed by atoms with Crippen LogP contribution in [0.3, 0.4) is 0 Å². The van der Waals surface area contributed by atoms with Crippen molar-refractivity contribution in [2.24, 2.45) is 51.3 Å². The van der Waals surface area contributed by atoms with Crippen LogP contribution in [0.25, 0.3) is 0 Å². The van der Waals surface area contributed by atoms with E-state index in [9.17, 15) is 4.79 Å². The SMILES string of the molecule is C=CC1C[C@@H]2[C@H](CC[C@]3(C)C(=O)CC[C@@H]23)[C@@]2(C)CCC(=NOCCN)CC12. The quantitative estimate of drug-likeness (QED) is 0.453. The van der Waals surface area contributed by atoms with E-state index in [0.29, 0.717) is 48.0 Å². The number of hydrogen-bond donors (Lipinski definition) is 1. The zero-order valence-corrected chi connectivity index (χ0v) is 17.1. The molecule has 0 aromatic carbocycles. The highest BCUT2D eigenvalue weighted by atomic mass is 16.6. The summed E-state index contributed by atoms with van der Waals surface area (Å²) >= 11 is 0. The molecule has 4 heteroatoms. The summed E-state index contributed by atoms with van der Waals surface area (Å²) in [5.41, 5.74) is 7.01. The number of nitrogens with two attached hydrogens (primary N) is 1. The number of fused-ring (bicyclic) bond motifs is 5. The molecule has 0 amide bonds. The van der Waals surface area contributed by atoms with Gasteiger partial charge in [0.05, 0.1) is 5.71 Å². The van der Waals surface area contributed by atoms with Crippen LogP contribution in [0, 0.1) is 40.4 Å². The van der Waals surface area contributed by atoms with Gasteiger partial charge in [-0.05, 0) is 80.0 Å². The maximum absolute atomic E-state index is 12.6. The molecule has 0 aromatic heterocycles. The lowest BCUT2D eigenvalue weighted by atomic mass is 9.43. The van der Waals surface area contributed by atoms with Gasteiger partial charge in [0.2, 0.25) is 0 Å². The van der Waals surface area contributed by atoms with E-state index < -0.39 is 0 Å². The third-order valence-electron chi connectivity index (χ3n) is 9.01. The van der Waals surface area contributed by atoms with Crippen LogP contribution in [-0.2, 0) is 9.63 Å². The van der Waals surface area contributed by atoms with E-state index in [0.717, 1.165) is 38.0 Å². The van der Waals surface area contributed by atoms with Crippen molar-refractivity contribution in [3.8, 4) is 0 Å². The average molecular weight is 373 g/mol. The molecule has 0 saturated heterocycles. The van der Waals surface area contributed by atoms with Crippen molar-refractivity contribution >= 4 is 11.5 Å². The van der Waals surface area contributed by atoms with Crippen LogP contribution >= 0.6 is 0 Å². The molecule has 4 aliphatic carbocycles. The smallest absolute Gasteiger partial charge is 0.139 e. The van der Waals surface area contributed by atoms with Crippen LogP contribution in [-0.4, -0.2) is 24.6 Å². The van der Waals surface area contributed by atoms with Crippen LogP contribution in [0.15, 0.2) is 17.8 Å². The molecule has 0 aromatic rings. The first-order valence-corrected chi connectivity index (χ1v) is 11.0. The predicted molar refractivity (Wildman–Crippen MR) is 108 cm³/mol. The van der Waals surface area contributed by atoms with E-state index in [1.54, 1.807) is 0 Å². The number of oxime groups is 1. The topological polar surface area (TPSA) is 64.7 Å². The van der Waals surface area contributed by atoms with Gasteiger partial charge in [-0.1, -0.05) is 25.1 Å². The van der Waals surface area contributed by atoms with E-state index in [1.807, 2.05) is 0 Å². The Bertz CT molecular complexity index is 644. The number of hydrogen-bond acceptors (Lipinski definition) is 4. The Kier molecular flexibility index (Phi) is 4.99. The van der Waals surface area contributed by atoms with Crippen LogP contribution in [0.5, 0.6) is 0 Å². The lowest BCUT2D eigenvalue weighted by Crippen LogP contribution is -2.56. The minimum Gasteiger partial charge on any atom is -0.395 e. The number of carbonyl (C=O) groups is 1. The standard InChI is InChI=1S/C23H36N2O2/c1-4-15-13-17-18-5-6-21(26)23(18,3)10-8-19(17)22(2)9-7-16(14-20(15)22)25-27-12-11-24/h4,15,17-20H,1,5-14,24H2,2-3H3/t15?,17-,18-,19-,20?,22+,23-/m0/s1. The Morgan fingerprint density at radius 3 is 2.78 bits per heavy atom. The largest absolute Gasteiger partial charge is 0.395 e. The second-order valence-corrected chi connectivity index (χ2v) is 10.0. The molecule has 150 valence electrons. The second kappa shape index (κ2) is 7.02. The molecule has 0 heterocycles. The van der Waals surface area contributed by atoms with E-state index in [4.69, 9.17) is 10.6 Å². The minimum absolute atomic E-state index is 0.0482. The van der Waals surface area contributed by atoms with Gasteiger partial charge in [-0.2, -0.15) is 0 Å². The van der Waals surface area contributed by atoms with Gasteiger partial charge in [0.15, 0.2) is 0 Å². The maximum Gasteiger partial charge on any atom is 0.139 e. The Morgan fingerprint density at radius 2 is 2.04 bits per heavy atom. The summed E-state index contributed by atoms with van der Waals surface area (Å²) in [5.74, 6) is 3.68. The normalized spacial score (nSPS) is 47.9. The number of Topliss-reactive ketones (excluding diaryl/α,β-unsaturated/α-hetero) is 1. The minimum atomic E-state index is -0.0482. The fraction of sp³-hybridized carbons (Fsp3) is 0.826. The number of rotatable bonds is 4. The van der Waals surface area contributed by atoms with Gasteiger partial charge in [0, 0.05) is 18.4 Å². The van der Waals surface area contributed by atoms with Crippen LogP contribution in [0.2, 0.25) is 0 Å². The molecule has 7 atom stereocenters. The fourth-order valence-corrected chi connectivity index (χ4v) is 7.51. The molecule has 0 aliphatic heterocycles. The van der Waals surface area contributed by atoms with Crippen LogP contribution in [0.4, 0.5) is 0 Å². The van der Waals surface area contributed by atoms with Crippen molar-refractivity contribution in [3.05, 3.63) is 12.7 Å². The Labute approximate surface area is 164 Å². The number of allylic oxidation sites excluding steroid dienone is 1. The zero-order chi connectivity index (χ0) is 19.2. The van der Waals surface area contributed by atoms with Crippen LogP contribution in [0.1, 0.15) is 65.2 Å². The average Bonchev–Trinajstić information content (AvgIpc) is 2.96. The lowest BCUT2D eigenvalue weighted by Gasteiger charge is -2.61. The van der Waals surface area contributed by atoms with E-state index in [1.165, 1.54) is 25.0 Å². The second-order valence-electron chi connectivity index (χ2n) is 10.0. The summed E-state index contributed by atoms with van der Waals surface area (Å²) in [6.07, 6.45) is 10.9. The Morgan fingerprint density at radius 1 is 1.22 bits per heavy atom. The first-order chi connectivity index (χ1) is 12.9. The van der Waals surface area contributed by atoms with Gasteiger partial charge in [0.1, 0.15) is 12.4 Å². The van der Waals surface area contributed by atoms with Crippen molar-refractivity contribution in [1.82, 2.24) is 0 Å². The molecular formula is C23H36N2O2. The summed E-state index contributed by atoms with van der Waals surface area (Å²) in [5, 5.41) is 4.40. The summed E-state index contributed by atoms with van der Waals surface area (Å²) in [7, 11) is 0. The zero-order valence-electron chi connectivity index (χ0n) is 17.1. The van der Waals surface area contributed by atoms with Gasteiger partial charge in [-0.25, -0.2) is 0 Å². The molecule has 0 spiro atoms. The molecule has 0 radical (unpaired) electrons. The molecule has 4 fully saturated rings. The summed E-state index contributed by atoms with van der Waals surface area (Å²) in [4.78, 5) is 18.0. The number of ketones is 1. The lowest BCUT2D eigenvalue weighted by molar-refractivity contribution is -0.140. The third kappa shape index (κ3) is 2.90. The Balaban J connectivity index is 1.60. The molecule has 4 rings (SSSR count). The van der Waals surface area contributed by atoms with Crippen molar-refractivity contribution in [2.75, 3.05) is 13.2 Å². The third-order valence-corrected chi connectivity index (χ3v) is 9.01. The Hall–Kier alpha value is -1.16. The fourth-order valence-electron chi connectivity index (χ4n) is 7.51. The highest BCUT2D eigenvalue weighted by Gasteiger charge is 2.61. The van der Waals surface area contributed by atoms with E-state index >= 15 is 0 Å². The van der Waals surface area contributed by atoms with Gasteiger partial charge < -0.3 is 10.6 Å². The van der Waals surface area contributed by atoms with Crippen molar-refractivity contribution in [2.45, 2.75) is 65.2 Å². The van der Waals surface area contributed by atoms with Gasteiger partial charge in [0.25, 0.3) is 0 Å². The summed E-state index contributed by atoms with van der Waals surface area (Å²) < 4.78 is 0. The monoisotopic (exact) mass is 372 g/mol. The molecule has 27 heavy (non-hydrogen) atoms.